The van der Waals surface area contributed by atoms with Gasteiger partial charge in [0.25, 0.3) is 0 Å². The molecule has 1 aliphatic rings. The molecule has 0 saturated carbocycles. The second kappa shape index (κ2) is 4.85. The van der Waals surface area contributed by atoms with E-state index in [1.54, 1.807) is 24.3 Å². The van der Waals surface area contributed by atoms with Gasteiger partial charge in [0.2, 0.25) is 11.8 Å². The van der Waals surface area contributed by atoms with Crippen LogP contribution in [-0.2, 0) is 15.0 Å². The van der Waals surface area contributed by atoms with Crippen molar-refractivity contribution in [1.82, 2.24) is 10.6 Å². The maximum Gasteiger partial charge on any atom is 0.328 e. The highest BCUT2D eigenvalue weighted by atomic mass is 35.5. The molecule has 0 bridgehead atoms. The van der Waals surface area contributed by atoms with Crippen molar-refractivity contribution in [2.24, 2.45) is 0 Å². The summed E-state index contributed by atoms with van der Waals surface area (Å²) >= 11 is 5.79. The minimum atomic E-state index is -1.49. The van der Waals surface area contributed by atoms with Crippen LogP contribution in [0.15, 0.2) is 36.9 Å². The molecule has 1 aromatic rings. The topological polar surface area (TPSA) is 75.3 Å². The van der Waals surface area contributed by atoms with Gasteiger partial charge in [0.1, 0.15) is 0 Å². The number of barbiturate groups is 1. The Morgan fingerprint density at radius 3 is 2.11 bits per heavy atom. The van der Waals surface area contributed by atoms with Crippen molar-refractivity contribution in [2.45, 2.75) is 11.8 Å². The Kier molecular flexibility index (Phi) is 3.40. The van der Waals surface area contributed by atoms with E-state index >= 15 is 0 Å². The highest BCUT2D eigenvalue weighted by molar-refractivity contribution is 6.30. The lowest BCUT2D eigenvalue weighted by Crippen LogP contribution is -2.64. The van der Waals surface area contributed by atoms with Crippen LogP contribution in [0, 0.1) is 0 Å². The first-order valence-corrected chi connectivity index (χ1v) is 5.92. The summed E-state index contributed by atoms with van der Waals surface area (Å²) in [7, 11) is 0. The first kappa shape index (κ1) is 13.3. The molecular weight excluding hydrogens is 268 g/mol. The maximum atomic E-state index is 12.1. The van der Waals surface area contributed by atoms with E-state index in [9.17, 15) is 14.4 Å². The Balaban J connectivity index is 2.56. The highest BCUT2D eigenvalue weighted by Gasteiger charge is 2.50. The predicted octanol–water partition coefficient (Wildman–Crippen LogP) is 1.52. The SMILES string of the molecule is C=CCC1(c2ccc(Cl)cc2)C(=O)NC(=O)NC1=O. The van der Waals surface area contributed by atoms with Crippen molar-refractivity contribution in [1.29, 1.82) is 0 Å². The van der Waals surface area contributed by atoms with Crippen LogP contribution in [0.2, 0.25) is 5.02 Å². The van der Waals surface area contributed by atoms with E-state index in [2.05, 4.69) is 17.2 Å². The molecule has 2 N–H and O–H groups in total. The van der Waals surface area contributed by atoms with Gasteiger partial charge in [-0.1, -0.05) is 29.8 Å². The van der Waals surface area contributed by atoms with Gasteiger partial charge in [-0.25, -0.2) is 4.79 Å². The maximum absolute atomic E-state index is 12.1. The van der Waals surface area contributed by atoms with E-state index in [-0.39, 0.29) is 6.42 Å². The zero-order valence-corrected chi connectivity index (χ0v) is 10.7. The minimum Gasteiger partial charge on any atom is -0.277 e. The van der Waals surface area contributed by atoms with Gasteiger partial charge >= 0.3 is 6.03 Å². The molecule has 0 atom stereocenters. The van der Waals surface area contributed by atoms with Gasteiger partial charge in [0, 0.05) is 5.02 Å². The standard InChI is InChI=1S/C13H11ClN2O3/c1-2-7-13(8-3-5-9(14)6-4-8)10(17)15-12(19)16-11(13)18/h2-6H,1,7H2,(H2,15,16,17,18,19). The van der Waals surface area contributed by atoms with Crippen LogP contribution >= 0.6 is 11.6 Å². The van der Waals surface area contributed by atoms with Crippen molar-refractivity contribution < 1.29 is 14.4 Å². The van der Waals surface area contributed by atoms with E-state index in [0.717, 1.165) is 0 Å². The zero-order chi connectivity index (χ0) is 14.0. The van der Waals surface area contributed by atoms with Crippen LogP contribution in [0.4, 0.5) is 4.79 Å². The fourth-order valence-electron chi connectivity index (χ4n) is 2.07. The van der Waals surface area contributed by atoms with Gasteiger partial charge in [0.05, 0.1) is 0 Å². The number of imide groups is 2. The third kappa shape index (κ3) is 2.13. The highest BCUT2D eigenvalue weighted by Crippen LogP contribution is 2.32. The second-order valence-electron chi connectivity index (χ2n) is 4.14. The number of rotatable bonds is 3. The molecule has 1 fully saturated rings. The minimum absolute atomic E-state index is 0.0829. The largest absolute Gasteiger partial charge is 0.328 e. The summed E-state index contributed by atoms with van der Waals surface area (Å²) < 4.78 is 0. The molecule has 1 heterocycles. The van der Waals surface area contributed by atoms with Crippen LogP contribution < -0.4 is 10.6 Å². The number of carbonyl (C=O) groups excluding carboxylic acids is 3. The van der Waals surface area contributed by atoms with Crippen LogP contribution in [-0.4, -0.2) is 17.8 Å². The summed E-state index contributed by atoms with van der Waals surface area (Å²) in [5.74, 6) is -1.33. The van der Waals surface area contributed by atoms with Crippen molar-refractivity contribution >= 4 is 29.4 Å². The number of benzene rings is 1. The van der Waals surface area contributed by atoms with Gasteiger partial charge in [-0.05, 0) is 24.1 Å². The lowest BCUT2D eigenvalue weighted by molar-refractivity contribution is -0.138. The normalized spacial score (nSPS) is 17.6. The van der Waals surface area contributed by atoms with Gasteiger partial charge in [-0.3, -0.25) is 20.2 Å². The molecule has 6 heteroatoms. The first-order valence-electron chi connectivity index (χ1n) is 5.54. The molecule has 0 radical (unpaired) electrons. The Bertz CT molecular complexity index is 546. The summed E-state index contributed by atoms with van der Waals surface area (Å²) in [5, 5.41) is 4.71. The van der Waals surface area contributed by atoms with Crippen LogP contribution in [0.1, 0.15) is 12.0 Å². The van der Waals surface area contributed by atoms with Gasteiger partial charge in [0.15, 0.2) is 5.41 Å². The number of carbonyl (C=O) groups is 3. The quantitative estimate of drug-likeness (QED) is 0.650. The number of nitrogens with one attached hydrogen (secondary N) is 2. The van der Waals surface area contributed by atoms with E-state index in [1.165, 1.54) is 6.08 Å². The molecule has 1 aromatic carbocycles. The van der Waals surface area contributed by atoms with E-state index in [4.69, 9.17) is 11.6 Å². The van der Waals surface area contributed by atoms with E-state index in [0.29, 0.717) is 10.6 Å². The number of urea groups is 1. The van der Waals surface area contributed by atoms with E-state index in [1.807, 2.05) is 0 Å². The lowest BCUT2D eigenvalue weighted by Gasteiger charge is -2.33. The molecule has 0 unspecified atom stereocenters. The lowest BCUT2D eigenvalue weighted by atomic mass is 9.75. The average molecular weight is 279 g/mol. The Labute approximate surface area is 114 Å². The number of amides is 4. The van der Waals surface area contributed by atoms with E-state index < -0.39 is 23.3 Å². The Morgan fingerprint density at radius 1 is 1.11 bits per heavy atom. The molecule has 0 spiro atoms. The van der Waals surface area contributed by atoms with Crippen molar-refractivity contribution in [3.63, 3.8) is 0 Å². The number of hydrogen-bond acceptors (Lipinski definition) is 3. The van der Waals surface area contributed by atoms with Crippen molar-refractivity contribution in [3.05, 3.63) is 47.5 Å². The fourth-order valence-corrected chi connectivity index (χ4v) is 2.20. The van der Waals surface area contributed by atoms with Crippen molar-refractivity contribution in [3.8, 4) is 0 Å². The monoisotopic (exact) mass is 278 g/mol. The summed E-state index contributed by atoms with van der Waals surface area (Å²) in [5.41, 5.74) is -1.03. The van der Waals surface area contributed by atoms with Gasteiger partial charge in [-0.15, -0.1) is 6.58 Å². The molecule has 0 aromatic heterocycles. The zero-order valence-electron chi connectivity index (χ0n) is 9.90. The van der Waals surface area contributed by atoms with Gasteiger partial charge in [-0.2, -0.15) is 0 Å². The Morgan fingerprint density at radius 2 is 1.63 bits per heavy atom. The van der Waals surface area contributed by atoms with Crippen LogP contribution in [0.5, 0.6) is 0 Å². The fraction of sp³-hybridized carbons (Fsp3) is 0.154. The molecule has 98 valence electrons. The average Bonchev–Trinajstić information content (AvgIpc) is 2.35. The summed E-state index contributed by atoms with van der Waals surface area (Å²) in [6.07, 6.45) is 1.54. The first-order chi connectivity index (χ1) is 9.00. The molecule has 1 saturated heterocycles. The molecule has 1 aliphatic heterocycles. The molecule has 0 aliphatic carbocycles. The molecule has 19 heavy (non-hydrogen) atoms. The third-order valence-electron chi connectivity index (χ3n) is 3.02. The number of allylic oxidation sites excluding steroid dienone is 1. The third-order valence-corrected chi connectivity index (χ3v) is 3.27. The van der Waals surface area contributed by atoms with Gasteiger partial charge < -0.3 is 0 Å². The van der Waals surface area contributed by atoms with Crippen LogP contribution in [0.25, 0.3) is 0 Å². The number of halogens is 1. The summed E-state index contributed by atoms with van der Waals surface area (Å²) in [6.45, 7) is 3.56. The summed E-state index contributed by atoms with van der Waals surface area (Å²) in [4.78, 5) is 35.4. The van der Waals surface area contributed by atoms with Crippen LogP contribution in [0.3, 0.4) is 0 Å². The van der Waals surface area contributed by atoms with Crippen molar-refractivity contribution in [2.75, 3.05) is 0 Å². The second-order valence-corrected chi connectivity index (χ2v) is 4.58. The summed E-state index contributed by atoms with van der Waals surface area (Å²) in [6, 6.07) is 5.52. The predicted molar refractivity (Wildman–Crippen MR) is 69.6 cm³/mol. The number of hydrogen-bond donors (Lipinski definition) is 2. The molecule has 5 nitrogen and oxygen atoms in total. The molecule has 2 rings (SSSR count). The Hall–Kier alpha value is -2.14. The molecular formula is C13H11ClN2O3. The smallest absolute Gasteiger partial charge is 0.277 e. The molecule has 4 amide bonds.